The zero-order valence-electron chi connectivity index (χ0n) is 5.21. The molecule has 2 rings (SSSR count). The molecule has 0 saturated heterocycles. The molecule has 2 nitrogen and oxygen atoms in total. The molecule has 2 heterocycles. The third-order valence-electron chi connectivity index (χ3n) is 1.48. The molecule has 0 N–H and O–H groups in total. The van der Waals surface area contributed by atoms with Crippen molar-refractivity contribution >= 4 is 26.3 Å². The molecule has 1 aliphatic rings. The van der Waals surface area contributed by atoms with Crippen molar-refractivity contribution in [2.45, 2.75) is 6.54 Å². The Bertz CT molecular complexity index is 293. The molecule has 50 valence electrons. The van der Waals surface area contributed by atoms with Gasteiger partial charge in [-0.25, -0.2) is 0 Å². The smallest absolute Gasteiger partial charge is 0.105 e. The highest BCUT2D eigenvalue weighted by Crippen LogP contribution is 2.18. The lowest BCUT2D eigenvalue weighted by Crippen LogP contribution is -1.89. The Kier molecular flexibility index (Phi) is 1.44. The van der Waals surface area contributed by atoms with Crippen LogP contribution in [-0.2, 0) is 6.54 Å². The molecule has 0 bridgehead atoms. The number of rotatable bonds is 0. The van der Waals surface area contributed by atoms with Crippen molar-refractivity contribution in [3.05, 3.63) is 29.6 Å². The summed E-state index contributed by atoms with van der Waals surface area (Å²) in [7, 11) is 0. The van der Waals surface area contributed by atoms with E-state index in [2.05, 4.69) is 38.6 Å². The van der Waals surface area contributed by atoms with E-state index in [1.807, 2.05) is 12.3 Å². The number of halogens is 1. The van der Waals surface area contributed by atoms with Crippen LogP contribution in [0.3, 0.4) is 0 Å². The molecule has 1 aromatic rings. The van der Waals surface area contributed by atoms with E-state index in [-0.39, 0.29) is 0 Å². The number of aromatic nitrogens is 1. The van der Waals surface area contributed by atoms with Crippen LogP contribution in [0.5, 0.6) is 0 Å². The predicted octanol–water partition coefficient (Wildman–Crippen LogP) is 1.78. The Labute approximate surface area is 72.5 Å². The number of aliphatic imine (C=N–C) groups is 1. The standard InChI is InChI=1S/C7H5IN2/c8-7-5-2-1-3-9-6(5)4-10-7/h1-3H,4H2. The molecule has 1 aliphatic heterocycles. The Morgan fingerprint density at radius 1 is 1.50 bits per heavy atom. The van der Waals surface area contributed by atoms with Crippen LogP contribution in [0, 0.1) is 0 Å². The summed E-state index contributed by atoms with van der Waals surface area (Å²) in [6.07, 6.45) is 1.81. The summed E-state index contributed by atoms with van der Waals surface area (Å²) in [5.74, 6) is 0. The lowest BCUT2D eigenvalue weighted by molar-refractivity contribution is 1.02. The Morgan fingerprint density at radius 3 is 3.20 bits per heavy atom. The van der Waals surface area contributed by atoms with Crippen LogP contribution in [0.4, 0.5) is 0 Å². The van der Waals surface area contributed by atoms with Crippen molar-refractivity contribution in [1.29, 1.82) is 0 Å². The van der Waals surface area contributed by atoms with Crippen LogP contribution in [0.15, 0.2) is 23.3 Å². The fourth-order valence-corrected chi connectivity index (χ4v) is 1.64. The van der Waals surface area contributed by atoms with Crippen molar-refractivity contribution < 1.29 is 0 Å². The van der Waals surface area contributed by atoms with Gasteiger partial charge in [-0.3, -0.25) is 9.98 Å². The van der Waals surface area contributed by atoms with E-state index in [1.54, 1.807) is 0 Å². The van der Waals surface area contributed by atoms with Crippen LogP contribution in [0.2, 0.25) is 0 Å². The monoisotopic (exact) mass is 244 g/mol. The predicted molar refractivity (Wildman–Crippen MR) is 48.5 cm³/mol. The van der Waals surface area contributed by atoms with Gasteiger partial charge < -0.3 is 0 Å². The first kappa shape index (κ1) is 6.27. The fraction of sp³-hybridized carbons (Fsp3) is 0.143. The SMILES string of the molecule is IC1=NCc2ncccc21. The Balaban J connectivity index is 2.61. The maximum Gasteiger partial charge on any atom is 0.105 e. The highest BCUT2D eigenvalue weighted by Gasteiger charge is 2.12. The van der Waals surface area contributed by atoms with E-state index < -0.39 is 0 Å². The second-order valence-electron chi connectivity index (χ2n) is 2.10. The van der Waals surface area contributed by atoms with Crippen LogP contribution in [0.25, 0.3) is 0 Å². The molecule has 0 fully saturated rings. The van der Waals surface area contributed by atoms with Gasteiger partial charge in [0.25, 0.3) is 0 Å². The molecule has 10 heavy (non-hydrogen) atoms. The van der Waals surface area contributed by atoms with Crippen LogP contribution in [-0.4, -0.2) is 8.70 Å². The van der Waals surface area contributed by atoms with Gasteiger partial charge in [0.1, 0.15) is 3.72 Å². The second kappa shape index (κ2) is 2.30. The van der Waals surface area contributed by atoms with E-state index in [9.17, 15) is 0 Å². The molecule has 0 atom stereocenters. The van der Waals surface area contributed by atoms with E-state index in [0.29, 0.717) is 0 Å². The zero-order valence-corrected chi connectivity index (χ0v) is 7.37. The van der Waals surface area contributed by atoms with E-state index in [4.69, 9.17) is 0 Å². The molecule has 0 saturated carbocycles. The minimum atomic E-state index is 0.758. The molecule has 3 heteroatoms. The van der Waals surface area contributed by atoms with Crippen LogP contribution >= 0.6 is 22.6 Å². The summed E-state index contributed by atoms with van der Waals surface area (Å²) in [4.78, 5) is 8.44. The van der Waals surface area contributed by atoms with Crippen molar-refractivity contribution in [2.75, 3.05) is 0 Å². The molecule has 0 radical (unpaired) electrons. The molecule has 0 amide bonds. The second-order valence-corrected chi connectivity index (χ2v) is 3.13. The lowest BCUT2D eigenvalue weighted by Gasteiger charge is -1.92. The third-order valence-corrected chi connectivity index (χ3v) is 2.40. The van der Waals surface area contributed by atoms with Gasteiger partial charge in [0, 0.05) is 11.8 Å². The van der Waals surface area contributed by atoms with Crippen molar-refractivity contribution in [3.63, 3.8) is 0 Å². The molecule has 0 aromatic carbocycles. The van der Waals surface area contributed by atoms with E-state index >= 15 is 0 Å². The summed E-state index contributed by atoms with van der Waals surface area (Å²) >= 11 is 2.23. The normalized spacial score (nSPS) is 14.7. The Hall–Kier alpha value is -0.450. The topological polar surface area (TPSA) is 25.2 Å². The largest absolute Gasteiger partial charge is 0.272 e. The number of pyridine rings is 1. The van der Waals surface area contributed by atoms with Gasteiger partial charge in [0.05, 0.1) is 12.2 Å². The highest BCUT2D eigenvalue weighted by molar-refractivity contribution is 14.1. The van der Waals surface area contributed by atoms with Gasteiger partial charge in [-0.05, 0) is 34.7 Å². The van der Waals surface area contributed by atoms with Gasteiger partial charge in [-0.2, -0.15) is 0 Å². The zero-order chi connectivity index (χ0) is 6.97. The summed E-state index contributed by atoms with van der Waals surface area (Å²) in [5, 5.41) is 0. The lowest BCUT2D eigenvalue weighted by atomic mass is 10.2. The molecular weight excluding hydrogens is 239 g/mol. The number of hydrogen-bond donors (Lipinski definition) is 0. The quantitative estimate of drug-likeness (QED) is 0.638. The van der Waals surface area contributed by atoms with Gasteiger partial charge in [-0.1, -0.05) is 0 Å². The first-order chi connectivity index (χ1) is 4.88. The molecular formula is C7H5IN2. The molecule has 0 unspecified atom stereocenters. The average molecular weight is 244 g/mol. The van der Waals surface area contributed by atoms with Crippen molar-refractivity contribution in [1.82, 2.24) is 4.98 Å². The minimum absolute atomic E-state index is 0.758. The highest BCUT2D eigenvalue weighted by atomic mass is 127. The van der Waals surface area contributed by atoms with Crippen molar-refractivity contribution in [2.24, 2.45) is 4.99 Å². The summed E-state index contributed by atoms with van der Waals surface area (Å²) in [6, 6.07) is 4.00. The number of hydrogen-bond acceptors (Lipinski definition) is 2. The van der Waals surface area contributed by atoms with Crippen LogP contribution < -0.4 is 0 Å². The average Bonchev–Trinajstić information content (AvgIpc) is 2.34. The van der Waals surface area contributed by atoms with Gasteiger partial charge >= 0.3 is 0 Å². The fourth-order valence-electron chi connectivity index (χ4n) is 0.981. The summed E-state index contributed by atoms with van der Waals surface area (Å²) < 4.78 is 1.08. The summed E-state index contributed by atoms with van der Waals surface area (Å²) in [6.45, 7) is 0.758. The number of fused-ring (bicyclic) bond motifs is 1. The third kappa shape index (κ3) is 0.847. The van der Waals surface area contributed by atoms with E-state index in [0.717, 1.165) is 16.0 Å². The summed E-state index contributed by atoms with van der Waals surface area (Å²) in [5.41, 5.74) is 2.30. The maximum absolute atomic E-state index is 4.24. The first-order valence-corrected chi connectivity index (χ1v) is 4.10. The van der Waals surface area contributed by atoms with Crippen LogP contribution in [0.1, 0.15) is 11.3 Å². The molecule has 0 aliphatic carbocycles. The van der Waals surface area contributed by atoms with Crippen molar-refractivity contribution in [3.8, 4) is 0 Å². The molecule has 0 spiro atoms. The number of nitrogens with zero attached hydrogens (tertiary/aromatic N) is 2. The maximum atomic E-state index is 4.24. The van der Waals surface area contributed by atoms with E-state index in [1.165, 1.54) is 5.56 Å². The van der Waals surface area contributed by atoms with Gasteiger partial charge in [-0.15, -0.1) is 0 Å². The van der Waals surface area contributed by atoms with Gasteiger partial charge in [0.2, 0.25) is 0 Å². The van der Waals surface area contributed by atoms with Gasteiger partial charge in [0.15, 0.2) is 0 Å². The minimum Gasteiger partial charge on any atom is -0.272 e. The molecule has 1 aromatic heterocycles. The Morgan fingerprint density at radius 2 is 2.40 bits per heavy atom. The first-order valence-electron chi connectivity index (χ1n) is 3.02.